The Balaban J connectivity index is 1.33. The van der Waals surface area contributed by atoms with Gasteiger partial charge in [-0.15, -0.1) is 6.42 Å². The predicted molar refractivity (Wildman–Crippen MR) is 128 cm³/mol. The molecule has 0 spiro atoms. The van der Waals surface area contributed by atoms with Gasteiger partial charge in [0, 0.05) is 23.7 Å². The van der Waals surface area contributed by atoms with Crippen molar-refractivity contribution in [3.8, 4) is 12.3 Å². The van der Waals surface area contributed by atoms with Crippen LogP contribution in [0, 0.1) is 12.3 Å². The number of sulfonamides is 1. The Kier molecular flexibility index (Phi) is 6.07. The van der Waals surface area contributed by atoms with E-state index < -0.39 is 16.3 Å². The number of hydrogen-bond acceptors (Lipinski definition) is 9. The molecule has 0 saturated heterocycles. The predicted octanol–water partition coefficient (Wildman–Crippen LogP) is 2.50. The summed E-state index contributed by atoms with van der Waals surface area (Å²) < 4.78 is 40.7. The number of aromatic nitrogens is 4. The van der Waals surface area contributed by atoms with Crippen LogP contribution in [-0.2, 0) is 26.0 Å². The number of ether oxygens (including phenoxy) is 2. The maximum atomic E-state index is 12.3. The highest BCUT2D eigenvalue weighted by atomic mass is 32.2. The van der Waals surface area contributed by atoms with Crippen molar-refractivity contribution in [2.75, 3.05) is 11.5 Å². The van der Waals surface area contributed by atoms with Gasteiger partial charge in [0.1, 0.15) is 12.6 Å². The zero-order valence-electron chi connectivity index (χ0n) is 18.0. The molecule has 34 heavy (non-hydrogen) atoms. The lowest BCUT2D eigenvalue weighted by Crippen LogP contribution is -2.28. The zero-order valence-corrected chi connectivity index (χ0v) is 19.7. The Hall–Kier alpha value is -3.27. The molecule has 1 saturated carbocycles. The molecule has 12 heteroatoms. The Morgan fingerprint density at radius 3 is 2.91 bits per heavy atom. The molecule has 1 aliphatic carbocycles. The minimum Gasteiger partial charge on any atom is -0.454 e. The van der Waals surface area contributed by atoms with Crippen LogP contribution in [0.4, 0.5) is 5.82 Å². The molecule has 0 radical (unpaired) electrons. The fraction of sp³-hybridized carbons (Fsp3) is 0.318. The summed E-state index contributed by atoms with van der Waals surface area (Å²) in [6.07, 6.45) is 9.95. The number of terminal acetylenes is 1. The number of thioether (sulfide) groups is 1. The second-order valence-electron chi connectivity index (χ2n) is 7.90. The number of nitrogen functional groups attached to an aromatic ring is 1. The molecule has 5 rings (SSSR count). The van der Waals surface area contributed by atoms with E-state index in [1.54, 1.807) is 0 Å². The number of nitrogens with one attached hydrogen (secondary N) is 1. The molecule has 176 valence electrons. The van der Waals surface area contributed by atoms with E-state index >= 15 is 0 Å². The minimum atomic E-state index is -3.33. The Morgan fingerprint density at radius 1 is 1.29 bits per heavy atom. The lowest BCUT2D eigenvalue weighted by Gasteiger charge is -2.13. The molecule has 3 aromatic rings. The van der Waals surface area contributed by atoms with E-state index in [1.165, 1.54) is 24.4 Å². The average molecular weight is 499 g/mol. The number of anilines is 1. The van der Waals surface area contributed by atoms with E-state index in [0.29, 0.717) is 39.9 Å². The first kappa shape index (κ1) is 22.5. The van der Waals surface area contributed by atoms with Crippen molar-refractivity contribution in [1.82, 2.24) is 24.2 Å². The van der Waals surface area contributed by atoms with E-state index in [9.17, 15) is 8.42 Å². The quantitative estimate of drug-likeness (QED) is 0.427. The van der Waals surface area contributed by atoms with Crippen molar-refractivity contribution in [1.29, 1.82) is 0 Å². The highest BCUT2D eigenvalue weighted by Crippen LogP contribution is 2.39. The van der Waals surface area contributed by atoms with Crippen LogP contribution in [0.2, 0.25) is 0 Å². The van der Waals surface area contributed by atoms with Crippen LogP contribution in [0.3, 0.4) is 0 Å². The van der Waals surface area contributed by atoms with Gasteiger partial charge >= 0.3 is 0 Å². The SMILES string of the molecule is C#Cc1ccccc1C1OC=C(Sc2nc3c(N)ncnc3n2CCCS(=O)(=O)NC2CC2)O1. The van der Waals surface area contributed by atoms with E-state index in [4.69, 9.17) is 21.6 Å². The molecule has 1 atom stereocenters. The number of imidazole rings is 1. The van der Waals surface area contributed by atoms with Gasteiger partial charge in [0.2, 0.25) is 15.1 Å². The summed E-state index contributed by atoms with van der Waals surface area (Å²) in [7, 11) is -3.33. The average Bonchev–Trinajstić information content (AvgIpc) is 3.37. The number of nitrogens with two attached hydrogens (primary N) is 1. The minimum absolute atomic E-state index is 0.00109. The van der Waals surface area contributed by atoms with Crippen LogP contribution in [-0.4, -0.2) is 39.7 Å². The van der Waals surface area contributed by atoms with Crippen molar-refractivity contribution in [2.24, 2.45) is 0 Å². The van der Waals surface area contributed by atoms with Gasteiger partial charge in [-0.25, -0.2) is 28.1 Å². The second-order valence-corrected chi connectivity index (χ2v) is 10.7. The van der Waals surface area contributed by atoms with Crippen molar-refractivity contribution in [2.45, 2.75) is 43.3 Å². The molecule has 1 aromatic carbocycles. The number of nitrogens with zero attached hydrogens (tertiary/aromatic N) is 4. The van der Waals surface area contributed by atoms with E-state index in [2.05, 4.69) is 25.6 Å². The normalized spacial score (nSPS) is 17.7. The molecular formula is C22H22N6O4S2. The summed E-state index contributed by atoms with van der Waals surface area (Å²) in [4.78, 5) is 12.9. The lowest BCUT2D eigenvalue weighted by atomic mass is 10.1. The second kappa shape index (κ2) is 9.17. The van der Waals surface area contributed by atoms with Gasteiger partial charge in [0.15, 0.2) is 22.1 Å². The summed E-state index contributed by atoms with van der Waals surface area (Å²) in [5.41, 5.74) is 8.40. The van der Waals surface area contributed by atoms with Gasteiger partial charge in [-0.1, -0.05) is 24.1 Å². The van der Waals surface area contributed by atoms with Crippen molar-refractivity contribution < 1.29 is 17.9 Å². The standard InChI is InChI=1S/C22H22N6O4S2/c1-2-14-6-3-4-7-16(14)21-31-12-17(32-21)33-22-26-18-19(23)24-13-25-20(18)28(22)10-5-11-34(29,30)27-15-8-9-15/h1,3-4,6-7,12-13,15,21,27H,5,8-11H2,(H2,23,24,25). The smallest absolute Gasteiger partial charge is 0.269 e. The fourth-order valence-electron chi connectivity index (χ4n) is 3.53. The molecule has 3 N–H and O–H groups in total. The van der Waals surface area contributed by atoms with Gasteiger partial charge in [0.25, 0.3) is 6.29 Å². The van der Waals surface area contributed by atoms with Gasteiger partial charge in [-0.05, 0) is 37.1 Å². The Morgan fingerprint density at radius 2 is 2.12 bits per heavy atom. The molecule has 0 bridgehead atoms. The maximum absolute atomic E-state index is 12.3. The highest BCUT2D eigenvalue weighted by Gasteiger charge is 2.28. The number of aryl methyl sites for hydroxylation is 1. The number of benzene rings is 1. The first-order valence-electron chi connectivity index (χ1n) is 10.7. The monoisotopic (exact) mass is 498 g/mol. The fourth-order valence-corrected chi connectivity index (χ4v) is 5.74. The number of rotatable bonds is 9. The summed E-state index contributed by atoms with van der Waals surface area (Å²) >= 11 is 1.23. The van der Waals surface area contributed by atoms with Crippen LogP contribution in [0.15, 0.2) is 47.1 Å². The third kappa shape index (κ3) is 4.82. The Bertz CT molecular complexity index is 1410. The topological polar surface area (TPSA) is 134 Å². The Labute approximate surface area is 201 Å². The molecule has 2 aromatic heterocycles. The van der Waals surface area contributed by atoms with Gasteiger partial charge in [-0.3, -0.25) is 0 Å². The summed E-state index contributed by atoms with van der Waals surface area (Å²) in [6, 6.07) is 7.46. The zero-order chi connectivity index (χ0) is 23.7. The van der Waals surface area contributed by atoms with Gasteiger partial charge in [-0.2, -0.15) is 0 Å². The maximum Gasteiger partial charge on any atom is 0.269 e. The van der Waals surface area contributed by atoms with E-state index in [0.717, 1.165) is 18.4 Å². The molecule has 10 nitrogen and oxygen atoms in total. The molecule has 1 unspecified atom stereocenters. The summed E-state index contributed by atoms with van der Waals surface area (Å²) in [5.74, 6) is 2.87. The van der Waals surface area contributed by atoms with Crippen molar-refractivity contribution in [3.63, 3.8) is 0 Å². The van der Waals surface area contributed by atoms with Gasteiger partial charge < -0.3 is 19.8 Å². The third-order valence-electron chi connectivity index (χ3n) is 5.32. The van der Waals surface area contributed by atoms with Crippen LogP contribution in [0.5, 0.6) is 0 Å². The van der Waals surface area contributed by atoms with Crippen LogP contribution < -0.4 is 10.5 Å². The first-order valence-corrected chi connectivity index (χ1v) is 13.1. The summed E-state index contributed by atoms with van der Waals surface area (Å²) in [6.45, 7) is 0.373. The third-order valence-corrected chi connectivity index (χ3v) is 7.72. The molecular weight excluding hydrogens is 476 g/mol. The summed E-state index contributed by atoms with van der Waals surface area (Å²) in [5, 5.41) is 1.01. The van der Waals surface area contributed by atoms with Gasteiger partial charge in [0.05, 0.1) is 5.75 Å². The number of fused-ring (bicyclic) bond motifs is 1. The van der Waals surface area contributed by atoms with E-state index in [1.807, 2.05) is 28.8 Å². The first-order chi connectivity index (χ1) is 16.4. The van der Waals surface area contributed by atoms with Crippen LogP contribution in [0.1, 0.15) is 36.7 Å². The largest absolute Gasteiger partial charge is 0.454 e. The molecule has 2 aliphatic rings. The molecule has 0 amide bonds. The van der Waals surface area contributed by atoms with Crippen molar-refractivity contribution in [3.05, 3.63) is 53.1 Å². The molecule has 1 aliphatic heterocycles. The molecule has 3 heterocycles. The number of hydrogen-bond donors (Lipinski definition) is 2. The van der Waals surface area contributed by atoms with Crippen LogP contribution >= 0.6 is 11.8 Å². The lowest BCUT2D eigenvalue weighted by molar-refractivity contribution is -0.0275. The van der Waals surface area contributed by atoms with E-state index in [-0.39, 0.29) is 17.6 Å². The van der Waals surface area contributed by atoms with Crippen molar-refractivity contribution >= 4 is 38.8 Å². The molecule has 1 fully saturated rings. The highest BCUT2D eigenvalue weighted by molar-refractivity contribution is 8.02. The van der Waals surface area contributed by atoms with Crippen LogP contribution in [0.25, 0.3) is 11.2 Å².